The molecular formula is C23H23BrN2O2S. The lowest BCUT2D eigenvalue weighted by molar-refractivity contribution is -0.121. The summed E-state index contributed by atoms with van der Waals surface area (Å²) in [5, 5.41) is 8.16. The first-order valence-electron chi connectivity index (χ1n) is 9.36. The molecule has 2 N–H and O–H groups in total. The van der Waals surface area contributed by atoms with Crippen molar-refractivity contribution in [3.63, 3.8) is 0 Å². The van der Waals surface area contributed by atoms with Crippen LogP contribution in [0, 0.1) is 6.92 Å². The average molecular weight is 471 g/mol. The van der Waals surface area contributed by atoms with Crippen LogP contribution in [0.1, 0.15) is 30.9 Å². The number of hydrogen-bond acceptors (Lipinski definition) is 3. The Morgan fingerprint density at radius 2 is 1.86 bits per heavy atom. The minimum Gasteiger partial charge on any atom is -0.483 e. The van der Waals surface area contributed by atoms with Gasteiger partial charge in [-0.05, 0) is 59.8 Å². The van der Waals surface area contributed by atoms with Crippen LogP contribution < -0.4 is 15.4 Å². The van der Waals surface area contributed by atoms with Crippen molar-refractivity contribution in [2.45, 2.75) is 26.7 Å². The standard InChI is InChI=1S/C23H23BrN2O2S/c1-14(2)18-12-19(24)15(3)11-21(18)28-13-22(27)26-23(29)25-20-10-6-8-16-7-4-5-9-17(16)20/h4-12,14H,13H2,1-3H3,(H2,25,26,27,29). The number of halogens is 1. The third kappa shape index (κ3) is 5.34. The number of carbonyl (C=O) groups is 1. The van der Waals surface area contributed by atoms with Gasteiger partial charge in [-0.25, -0.2) is 0 Å². The van der Waals surface area contributed by atoms with Gasteiger partial charge in [-0.3, -0.25) is 10.1 Å². The number of hydrogen-bond donors (Lipinski definition) is 2. The monoisotopic (exact) mass is 470 g/mol. The lowest BCUT2D eigenvalue weighted by Crippen LogP contribution is -2.37. The Bertz CT molecular complexity index is 1060. The minimum atomic E-state index is -0.307. The molecule has 0 aromatic heterocycles. The Hall–Kier alpha value is -2.44. The molecule has 0 heterocycles. The van der Waals surface area contributed by atoms with Crippen LogP contribution in [0.5, 0.6) is 5.75 Å². The summed E-state index contributed by atoms with van der Waals surface area (Å²) in [6, 6.07) is 17.9. The summed E-state index contributed by atoms with van der Waals surface area (Å²) in [5.74, 6) is 0.681. The summed E-state index contributed by atoms with van der Waals surface area (Å²) in [6.07, 6.45) is 0. The Morgan fingerprint density at radius 3 is 2.62 bits per heavy atom. The first-order valence-corrected chi connectivity index (χ1v) is 10.6. The van der Waals surface area contributed by atoms with Gasteiger partial charge in [0.15, 0.2) is 11.7 Å². The van der Waals surface area contributed by atoms with Gasteiger partial charge in [0.25, 0.3) is 5.91 Å². The fourth-order valence-corrected chi connectivity index (χ4v) is 3.63. The maximum absolute atomic E-state index is 12.3. The molecule has 3 aromatic rings. The number of thiocarbonyl (C=S) groups is 1. The molecule has 0 saturated heterocycles. The Balaban J connectivity index is 1.63. The number of fused-ring (bicyclic) bond motifs is 1. The van der Waals surface area contributed by atoms with Crippen LogP contribution in [0.2, 0.25) is 0 Å². The van der Waals surface area contributed by atoms with Crippen LogP contribution >= 0.6 is 28.1 Å². The van der Waals surface area contributed by atoms with Crippen LogP contribution in [0.15, 0.2) is 59.1 Å². The van der Waals surface area contributed by atoms with Gasteiger partial charge < -0.3 is 10.1 Å². The van der Waals surface area contributed by atoms with E-state index in [-0.39, 0.29) is 23.5 Å². The summed E-state index contributed by atoms with van der Waals surface area (Å²) in [6.45, 7) is 6.06. The molecule has 0 atom stereocenters. The molecule has 0 unspecified atom stereocenters. The zero-order valence-corrected chi connectivity index (χ0v) is 19.0. The lowest BCUT2D eigenvalue weighted by atomic mass is 10.0. The van der Waals surface area contributed by atoms with Crippen molar-refractivity contribution >= 4 is 55.6 Å². The number of ether oxygens (including phenoxy) is 1. The van der Waals surface area contributed by atoms with Crippen LogP contribution in [-0.2, 0) is 4.79 Å². The quantitative estimate of drug-likeness (QED) is 0.453. The van der Waals surface area contributed by atoms with Gasteiger partial charge >= 0.3 is 0 Å². The van der Waals surface area contributed by atoms with Gasteiger partial charge in [0, 0.05) is 15.5 Å². The van der Waals surface area contributed by atoms with Crippen molar-refractivity contribution in [2.24, 2.45) is 0 Å². The number of carbonyl (C=O) groups excluding carboxylic acids is 1. The maximum atomic E-state index is 12.3. The Morgan fingerprint density at radius 1 is 1.14 bits per heavy atom. The van der Waals surface area contributed by atoms with E-state index in [2.05, 4.69) is 40.4 Å². The largest absolute Gasteiger partial charge is 0.483 e. The predicted octanol–water partition coefficient (Wildman–Crippen LogP) is 5.93. The highest BCUT2D eigenvalue weighted by Gasteiger charge is 2.13. The third-order valence-electron chi connectivity index (χ3n) is 4.56. The molecule has 0 aliphatic rings. The highest BCUT2D eigenvalue weighted by molar-refractivity contribution is 9.10. The molecule has 0 spiro atoms. The van der Waals surface area contributed by atoms with Gasteiger partial charge in [-0.1, -0.05) is 66.2 Å². The van der Waals surface area contributed by atoms with Gasteiger partial charge in [-0.2, -0.15) is 0 Å². The zero-order chi connectivity index (χ0) is 21.0. The topological polar surface area (TPSA) is 50.4 Å². The first kappa shape index (κ1) is 21.3. The van der Waals surface area contributed by atoms with Crippen molar-refractivity contribution in [3.8, 4) is 5.75 Å². The van der Waals surface area contributed by atoms with Crippen LogP contribution in [0.25, 0.3) is 10.8 Å². The fraction of sp³-hybridized carbons (Fsp3) is 0.217. The predicted molar refractivity (Wildman–Crippen MR) is 127 cm³/mol. The molecule has 0 aliphatic carbocycles. The van der Waals surface area contributed by atoms with Crippen molar-refractivity contribution in [2.75, 3.05) is 11.9 Å². The highest BCUT2D eigenvalue weighted by Crippen LogP contribution is 2.32. The summed E-state index contributed by atoms with van der Waals surface area (Å²) >= 11 is 8.86. The fourth-order valence-electron chi connectivity index (χ4n) is 3.04. The summed E-state index contributed by atoms with van der Waals surface area (Å²) in [4.78, 5) is 12.3. The number of anilines is 1. The SMILES string of the molecule is Cc1cc(OCC(=O)NC(=S)Nc2cccc3ccccc23)c(C(C)C)cc1Br. The van der Waals surface area contributed by atoms with E-state index >= 15 is 0 Å². The molecule has 0 aliphatic heterocycles. The molecular weight excluding hydrogens is 448 g/mol. The van der Waals surface area contributed by atoms with Crippen molar-refractivity contribution in [1.29, 1.82) is 0 Å². The molecule has 3 rings (SSSR count). The van der Waals surface area contributed by atoms with Gasteiger partial charge in [0.05, 0.1) is 0 Å². The van der Waals surface area contributed by atoms with E-state index in [1.165, 1.54) is 0 Å². The molecule has 1 amide bonds. The smallest absolute Gasteiger partial charge is 0.264 e. The van der Waals surface area contributed by atoms with E-state index in [9.17, 15) is 4.79 Å². The number of aryl methyl sites for hydroxylation is 1. The van der Waals surface area contributed by atoms with Crippen molar-refractivity contribution in [3.05, 3.63) is 70.2 Å². The zero-order valence-electron chi connectivity index (χ0n) is 16.6. The summed E-state index contributed by atoms with van der Waals surface area (Å²) in [5.41, 5.74) is 2.95. The third-order valence-corrected chi connectivity index (χ3v) is 5.62. The Kier molecular flexibility index (Phi) is 6.87. The molecule has 29 heavy (non-hydrogen) atoms. The summed E-state index contributed by atoms with van der Waals surface area (Å²) < 4.78 is 6.82. The number of nitrogens with one attached hydrogen (secondary N) is 2. The van der Waals surface area contributed by atoms with Crippen molar-refractivity contribution < 1.29 is 9.53 Å². The molecule has 4 nitrogen and oxygen atoms in total. The average Bonchev–Trinajstić information content (AvgIpc) is 2.68. The van der Waals surface area contributed by atoms with Crippen molar-refractivity contribution in [1.82, 2.24) is 5.32 Å². The number of rotatable bonds is 5. The molecule has 6 heteroatoms. The Labute approximate surface area is 184 Å². The minimum absolute atomic E-state index is 0.113. The number of benzene rings is 3. The van der Waals surface area contributed by atoms with E-state index in [0.717, 1.165) is 32.1 Å². The highest BCUT2D eigenvalue weighted by atomic mass is 79.9. The first-order chi connectivity index (χ1) is 13.8. The van der Waals surface area contributed by atoms with Gasteiger partial charge in [0.1, 0.15) is 5.75 Å². The van der Waals surface area contributed by atoms with Crippen LogP contribution in [-0.4, -0.2) is 17.6 Å². The van der Waals surface area contributed by atoms with Gasteiger partial charge in [-0.15, -0.1) is 0 Å². The molecule has 0 fully saturated rings. The number of amides is 1. The normalized spacial score (nSPS) is 10.8. The molecule has 0 bridgehead atoms. The second-order valence-electron chi connectivity index (χ2n) is 7.11. The summed E-state index contributed by atoms with van der Waals surface area (Å²) in [7, 11) is 0. The maximum Gasteiger partial charge on any atom is 0.264 e. The molecule has 0 radical (unpaired) electrons. The molecule has 3 aromatic carbocycles. The van der Waals surface area contributed by atoms with Crippen LogP contribution in [0.4, 0.5) is 5.69 Å². The van der Waals surface area contributed by atoms with E-state index in [1.807, 2.05) is 61.5 Å². The van der Waals surface area contributed by atoms with E-state index in [4.69, 9.17) is 17.0 Å². The molecule has 150 valence electrons. The second kappa shape index (κ2) is 9.37. The van der Waals surface area contributed by atoms with Crippen LogP contribution in [0.3, 0.4) is 0 Å². The van der Waals surface area contributed by atoms with Gasteiger partial charge in [0.2, 0.25) is 0 Å². The molecule has 0 saturated carbocycles. The van der Waals surface area contributed by atoms with E-state index < -0.39 is 0 Å². The lowest BCUT2D eigenvalue weighted by Gasteiger charge is -2.16. The van der Waals surface area contributed by atoms with E-state index in [0.29, 0.717) is 5.75 Å². The van der Waals surface area contributed by atoms with E-state index in [1.54, 1.807) is 0 Å². The second-order valence-corrected chi connectivity index (χ2v) is 8.37.